The summed E-state index contributed by atoms with van der Waals surface area (Å²) in [7, 11) is 0. The third-order valence-corrected chi connectivity index (χ3v) is 3.64. The van der Waals surface area contributed by atoms with Gasteiger partial charge in [0, 0.05) is 13.8 Å². The zero-order chi connectivity index (χ0) is 12.9. The molecule has 0 spiro atoms. The van der Waals surface area contributed by atoms with Gasteiger partial charge in [0.15, 0.2) is 10.2 Å². The number of carboxylic acids is 2. The van der Waals surface area contributed by atoms with Gasteiger partial charge in [-0.1, -0.05) is 23.5 Å². The molecule has 0 saturated carbocycles. The molecule has 0 aliphatic heterocycles. The normalized spacial score (nSPS) is 13.9. The molecular formula is C8H10O6S2. The third kappa shape index (κ3) is 5.17. The number of aliphatic carboxylic acids is 2. The van der Waals surface area contributed by atoms with Gasteiger partial charge in [0.05, 0.1) is 0 Å². The van der Waals surface area contributed by atoms with E-state index in [0.717, 1.165) is 13.8 Å². The van der Waals surface area contributed by atoms with E-state index in [2.05, 4.69) is 0 Å². The molecule has 0 amide bonds. The smallest absolute Gasteiger partial charge is 0.318 e. The molecule has 2 N–H and O–H groups in total. The summed E-state index contributed by atoms with van der Waals surface area (Å²) in [6.45, 7) is 2.27. The summed E-state index contributed by atoms with van der Waals surface area (Å²) < 4.78 is 0. The lowest BCUT2D eigenvalue weighted by molar-refractivity contribution is -0.142. The molecule has 6 nitrogen and oxygen atoms in total. The highest BCUT2D eigenvalue weighted by molar-refractivity contribution is 8.18. The summed E-state index contributed by atoms with van der Waals surface area (Å²) in [5.74, 6) is -2.86. The van der Waals surface area contributed by atoms with Gasteiger partial charge in [0.25, 0.3) is 0 Å². The fourth-order valence-electron chi connectivity index (χ4n) is 0.841. The largest absolute Gasteiger partial charge is 0.480 e. The van der Waals surface area contributed by atoms with Gasteiger partial charge in [0.2, 0.25) is 0 Å². The molecule has 0 aliphatic rings. The Morgan fingerprint density at radius 1 is 0.812 bits per heavy atom. The average Bonchev–Trinajstić information content (AvgIpc) is 2.09. The molecule has 0 heterocycles. The molecule has 8 heteroatoms. The van der Waals surface area contributed by atoms with Gasteiger partial charge in [-0.2, -0.15) is 0 Å². The van der Waals surface area contributed by atoms with Crippen molar-refractivity contribution in [2.24, 2.45) is 0 Å². The van der Waals surface area contributed by atoms with E-state index in [9.17, 15) is 19.2 Å². The van der Waals surface area contributed by atoms with Crippen LogP contribution in [-0.4, -0.2) is 42.9 Å². The van der Waals surface area contributed by atoms with Crippen LogP contribution in [0, 0.1) is 0 Å². The number of carbonyl (C=O) groups excluding carboxylic acids is 2. The number of hydrogen-bond donors (Lipinski definition) is 2. The predicted molar refractivity (Wildman–Crippen MR) is 59.4 cm³/mol. The maximum atomic E-state index is 10.8. The zero-order valence-corrected chi connectivity index (χ0v) is 10.1. The van der Waals surface area contributed by atoms with E-state index in [0.29, 0.717) is 23.5 Å². The number of hydrogen-bond acceptors (Lipinski definition) is 6. The Morgan fingerprint density at radius 2 is 1.06 bits per heavy atom. The monoisotopic (exact) mass is 266 g/mol. The Kier molecular flexibility index (Phi) is 6.12. The first-order chi connectivity index (χ1) is 7.25. The van der Waals surface area contributed by atoms with E-state index in [1.807, 2.05) is 0 Å². The Bertz CT molecular complexity index is 294. The second-order valence-electron chi connectivity index (χ2n) is 2.74. The molecule has 0 rings (SSSR count). The van der Waals surface area contributed by atoms with Gasteiger partial charge in [-0.25, -0.2) is 0 Å². The molecule has 0 saturated heterocycles. The van der Waals surface area contributed by atoms with Crippen LogP contribution < -0.4 is 0 Å². The van der Waals surface area contributed by atoms with Crippen LogP contribution in [0.1, 0.15) is 13.8 Å². The highest BCUT2D eigenvalue weighted by atomic mass is 32.2. The quantitative estimate of drug-likeness (QED) is 0.738. The average molecular weight is 266 g/mol. The van der Waals surface area contributed by atoms with Gasteiger partial charge in [-0.3, -0.25) is 19.2 Å². The molecular weight excluding hydrogens is 256 g/mol. The third-order valence-electron chi connectivity index (χ3n) is 1.35. The molecule has 90 valence electrons. The fraction of sp³-hybridized carbons (Fsp3) is 0.500. The van der Waals surface area contributed by atoms with E-state index in [-0.39, 0.29) is 0 Å². The van der Waals surface area contributed by atoms with Crippen LogP contribution in [0.2, 0.25) is 0 Å². The fourth-order valence-corrected chi connectivity index (χ4v) is 2.57. The molecule has 0 radical (unpaired) electrons. The van der Waals surface area contributed by atoms with E-state index in [4.69, 9.17) is 10.2 Å². The first-order valence-electron chi connectivity index (χ1n) is 4.05. The second kappa shape index (κ2) is 6.54. The highest BCUT2D eigenvalue weighted by Gasteiger charge is 2.37. The lowest BCUT2D eigenvalue weighted by atomic mass is 10.3. The van der Waals surface area contributed by atoms with E-state index in [1.54, 1.807) is 0 Å². The summed E-state index contributed by atoms with van der Waals surface area (Å²) in [5.41, 5.74) is 0. The van der Waals surface area contributed by atoms with E-state index >= 15 is 0 Å². The Labute approximate surface area is 99.8 Å². The minimum atomic E-state index is -1.47. The summed E-state index contributed by atoms with van der Waals surface area (Å²) >= 11 is 0.787. The lowest BCUT2D eigenvalue weighted by Crippen LogP contribution is -2.36. The summed E-state index contributed by atoms with van der Waals surface area (Å²) in [6.07, 6.45) is 0. The van der Waals surface area contributed by atoms with Crippen molar-refractivity contribution < 1.29 is 29.4 Å². The Hall–Kier alpha value is -1.02. The molecule has 0 fully saturated rings. The van der Waals surface area contributed by atoms with Crippen LogP contribution in [0.25, 0.3) is 0 Å². The maximum absolute atomic E-state index is 10.8. The van der Waals surface area contributed by atoms with Crippen LogP contribution in [-0.2, 0) is 19.2 Å². The van der Waals surface area contributed by atoms with Gasteiger partial charge in [-0.05, 0) is 0 Å². The Balaban J connectivity index is 4.93. The van der Waals surface area contributed by atoms with Crippen molar-refractivity contribution in [3.63, 3.8) is 0 Å². The molecule has 0 bridgehead atoms. The molecule has 0 aromatic rings. The second-order valence-corrected chi connectivity index (χ2v) is 5.37. The standard InChI is InChI=1S/C8H10O6S2/c1-3(9)15-5(7(11)12)6(8(13)14)16-4(2)10/h5-6H,1-2H3,(H,11,12)(H,13,14)/t5-,6+. The van der Waals surface area contributed by atoms with Crippen LogP contribution in [0.3, 0.4) is 0 Å². The highest BCUT2D eigenvalue weighted by Crippen LogP contribution is 2.26. The summed E-state index contributed by atoms with van der Waals surface area (Å²) in [4.78, 5) is 43.2. The van der Waals surface area contributed by atoms with Gasteiger partial charge in [0.1, 0.15) is 10.5 Å². The first-order valence-corrected chi connectivity index (χ1v) is 5.81. The zero-order valence-electron chi connectivity index (χ0n) is 8.50. The van der Waals surface area contributed by atoms with Crippen molar-refractivity contribution in [3.05, 3.63) is 0 Å². The summed E-state index contributed by atoms with van der Waals surface area (Å²) in [5, 5.41) is 13.6. The molecule has 16 heavy (non-hydrogen) atoms. The van der Waals surface area contributed by atoms with Crippen LogP contribution in [0.15, 0.2) is 0 Å². The number of rotatable bonds is 5. The van der Waals surface area contributed by atoms with Crippen LogP contribution >= 0.6 is 23.5 Å². The van der Waals surface area contributed by atoms with Crippen molar-refractivity contribution >= 4 is 45.7 Å². The van der Waals surface area contributed by atoms with Crippen molar-refractivity contribution in [3.8, 4) is 0 Å². The number of carbonyl (C=O) groups is 4. The summed E-state index contributed by atoms with van der Waals surface area (Å²) in [6, 6.07) is 0. The minimum absolute atomic E-state index is 0.394. The van der Waals surface area contributed by atoms with Crippen molar-refractivity contribution in [2.45, 2.75) is 24.3 Å². The molecule has 0 unspecified atom stereocenters. The van der Waals surface area contributed by atoms with Crippen molar-refractivity contribution in [1.82, 2.24) is 0 Å². The lowest BCUT2D eigenvalue weighted by Gasteiger charge is -2.16. The molecule has 0 aliphatic carbocycles. The van der Waals surface area contributed by atoms with E-state index < -0.39 is 32.7 Å². The van der Waals surface area contributed by atoms with Crippen molar-refractivity contribution in [1.29, 1.82) is 0 Å². The minimum Gasteiger partial charge on any atom is -0.480 e. The molecule has 0 aromatic heterocycles. The van der Waals surface area contributed by atoms with Gasteiger partial charge < -0.3 is 10.2 Å². The van der Waals surface area contributed by atoms with Crippen LogP contribution in [0.5, 0.6) is 0 Å². The van der Waals surface area contributed by atoms with Gasteiger partial charge in [-0.15, -0.1) is 0 Å². The molecule has 2 atom stereocenters. The van der Waals surface area contributed by atoms with Crippen molar-refractivity contribution in [2.75, 3.05) is 0 Å². The van der Waals surface area contributed by atoms with Gasteiger partial charge >= 0.3 is 11.9 Å². The van der Waals surface area contributed by atoms with E-state index in [1.165, 1.54) is 0 Å². The molecule has 0 aromatic carbocycles. The maximum Gasteiger partial charge on any atom is 0.318 e. The topological polar surface area (TPSA) is 109 Å². The Morgan fingerprint density at radius 3 is 1.19 bits per heavy atom. The number of thioether (sulfide) groups is 2. The first kappa shape index (κ1) is 15.0. The predicted octanol–water partition coefficient (Wildman–Crippen LogP) is 0.452. The van der Waals surface area contributed by atoms with Crippen LogP contribution in [0.4, 0.5) is 0 Å². The SMILES string of the molecule is CC(=O)S[C@H](C(=O)O)[C@@H](SC(C)=O)C(=O)O. The number of carboxylic acid groups (broad SMARTS) is 2.